The van der Waals surface area contributed by atoms with Gasteiger partial charge in [0, 0.05) is 12.1 Å². The number of hydroxylamine groups is 1. The van der Waals surface area contributed by atoms with Crippen LogP contribution in [0.2, 0.25) is 0 Å². The van der Waals surface area contributed by atoms with Crippen molar-refractivity contribution in [1.82, 2.24) is 10.2 Å². The largest absolute Gasteiger partial charge is 0.534 e. The molecule has 2 heterocycles. The second-order valence-electron chi connectivity index (χ2n) is 8.13. The first-order valence-corrected chi connectivity index (χ1v) is 9.76. The topological polar surface area (TPSA) is 114 Å². The summed E-state index contributed by atoms with van der Waals surface area (Å²) in [5.74, 6) is -0.620. The quantitative estimate of drug-likeness (QED) is 0.658. The minimum Gasteiger partial charge on any atom is -0.444 e. The van der Waals surface area contributed by atoms with Crippen LogP contribution in [-0.4, -0.2) is 58.1 Å². The fourth-order valence-corrected chi connectivity index (χ4v) is 3.27. The molecule has 160 valence electrons. The molecule has 1 atom stereocenters. The number of nitrogens with zero attached hydrogens (tertiary/aromatic N) is 2. The molecule has 4 amide bonds. The average Bonchev–Trinajstić information content (AvgIpc) is 2.93. The summed E-state index contributed by atoms with van der Waals surface area (Å²) in [5.41, 5.74) is 7.17. The molecule has 0 aliphatic carbocycles. The number of rotatable bonds is 7. The van der Waals surface area contributed by atoms with Gasteiger partial charge in [0.25, 0.3) is 5.91 Å². The summed E-state index contributed by atoms with van der Waals surface area (Å²) in [7, 11) is 0. The van der Waals surface area contributed by atoms with Gasteiger partial charge in [-0.25, -0.2) is 4.79 Å². The standard InChI is InChI=1S/C21H26N4O5/c1-21(2,3)30-19(27)23-10-9-15-11-16(18(22)26)24-12-17(15)25(20(24)28)29-13-14-7-5-4-6-8-14/h4-8,11,16H,9-10,12-13H2,1-3H3,(H2-,22,23,26,27)/p+1/t16-/m0/s1. The summed E-state index contributed by atoms with van der Waals surface area (Å²) in [6, 6.07) is 8.16. The van der Waals surface area contributed by atoms with Crippen molar-refractivity contribution in [2.24, 2.45) is 5.73 Å². The van der Waals surface area contributed by atoms with Crippen LogP contribution in [0.25, 0.3) is 0 Å². The Morgan fingerprint density at radius 3 is 2.60 bits per heavy atom. The molecular weight excluding hydrogens is 388 g/mol. The predicted molar refractivity (Wildman–Crippen MR) is 109 cm³/mol. The molecule has 9 heteroatoms. The third-order valence-corrected chi connectivity index (χ3v) is 4.61. The number of urea groups is 1. The maximum Gasteiger partial charge on any atom is 0.534 e. The molecule has 0 saturated carbocycles. The zero-order valence-corrected chi connectivity index (χ0v) is 17.4. The normalized spacial score (nSPS) is 18.2. The van der Waals surface area contributed by atoms with Crippen molar-refractivity contribution in [1.29, 1.82) is 0 Å². The summed E-state index contributed by atoms with van der Waals surface area (Å²) >= 11 is 0. The highest BCUT2D eigenvalue weighted by Gasteiger charge is 2.50. The molecule has 0 saturated heterocycles. The fourth-order valence-electron chi connectivity index (χ4n) is 3.27. The second kappa shape index (κ2) is 8.56. The Morgan fingerprint density at radius 2 is 1.97 bits per heavy atom. The van der Waals surface area contributed by atoms with Gasteiger partial charge in [0.05, 0.1) is 0 Å². The van der Waals surface area contributed by atoms with Gasteiger partial charge in [0.2, 0.25) is 0 Å². The Labute approximate surface area is 175 Å². The van der Waals surface area contributed by atoms with Crippen LogP contribution in [0.15, 0.2) is 42.0 Å². The van der Waals surface area contributed by atoms with Crippen molar-refractivity contribution in [3.8, 4) is 0 Å². The molecule has 0 radical (unpaired) electrons. The lowest BCUT2D eigenvalue weighted by atomic mass is 9.99. The van der Waals surface area contributed by atoms with Crippen molar-refractivity contribution in [2.75, 3.05) is 13.1 Å². The van der Waals surface area contributed by atoms with E-state index in [1.54, 1.807) is 26.8 Å². The third kappa shape index (κ3) is 4.97. The minimum absolute atomic E-state index is 0.203. The van der Waals surface area contributed by atoms with E-state index >= 15 is 0 Å². The van der Waals surface area contributed by atoms with Gasteiger partial charge in [0.1, 0.15) is 5.60 Å². The first kappa shape index (κ1) is 21.4. The van der Waals surface area contributed by atoms with Gasteiger partial charge in [-0.15, -0.1) is 0 Å². The van der Waals surface area contributed by atoms with Crippen LogP contribution in [0.4, 0.5) is 9.59 Å². The SMILES string of the molecule is CC(C)(C)OC(=O)NCCC1=C[C@@H](C(N)=O)N2CC1=[N+](OCc1ccccc1)C2=O. The molecule has 0 fully saturated rings. The Morgan fingerprint density at radius 1 is 1.27 bits per heavy atom. The van der Waals surface area contributed by atoms with E-state index < -0.39 is 29.7 Å². The van der Waals surface area contributed by atoms with Gasteiger partial charge in [-0.2, -0.15) is 9.69 Å². The lowest BCUT2D eigenvalue weighted by Gasteiger charge is -2.21. The van der Waals surface area contributed by atoms with Crippen LogP contribution < -0.4 is 11.1 Å². The molecule has 9 nitrogen and oxygen atoms in total. The van der Waals surface area contributed by atoms with Gasteiger partial charge in [-0.3, -0.25) is 4.79 Å². The van der Waals surface area contributed by atoms with Gasteiger partial charge in [-0.05, 0) is 43.6 Å². The monoisotopic (exact) mass is 415 g/mol. The molecule has 2 bridgehead atoms. The summed E-state index contributed by atoms with van der Waals surface area (Å²) in [5, 5.41) is 2.68. The van der Waals surface area contributed by atoms with Crippen molar-refractivity contribution in [2.45, 2.75) is 45.4 Å². The number of amides is 4. The van der Waals surface area contributed by atoms with Crippen molar-refractivity contribution in [3.05, 3.63) is 47.5 Å². The van der Waals surface area contributed by atoms with Gasteiger partial charge < -0.3 is 20.6 Å². The van der Waals surface area contributed by atoms with Crippen LogP contribution in [0, 0.1) is 0 Å². The van der Waals surface area contributed by atoms with E-state index in [1.165, 1.54) is 9.64 Å². The number of ether oxygens (including phenoxy) is 1. The third-order valence-electron chi connectivity index (χ3n) is 4.61. The zero-order chi connectivity index (χ0) is 21.9. The zero-order valence-electron chi connectivity index (χ0n) is 17.4. The van der Waals surface area contributed by atoms with Gasteiger partial charge >= 0.3 is 12.1 Å². The number of fused-ring (bicyclic) bond motifs is 2. The van der Waals surface area contributed by atoms with E-state index in [4.69, 9.17) is 15.3 Å². The molecular formula is C21H27N4O5+. The molecule has 3 N–H and O–H groups in total. The lowest BCUT2D eigenvalue weighted by molar-refractivity contribution is -0.720. The van der Waals surface area contributed by atoms with Gasteiger partial charge in [-0.1, -0.05) is 30.3 Å². The summed E-state index contributed by atoms with van der Waals surface area (Å²) in [6.45, 7) is 6.04. The molecule has 2 aliphatic rings. The average molecular weight is 415 g/mol. The number of hydrogen-bond donors (Lipinski definition) is 2. The number of carbonyl (C=O) groups excluding carboxylic acids is 3. The number of nitrogens with two attached hydrogens (primary N) is 1. The maximum atomic E-state index is 12.8. The van der Waals surface area contributed by atoms with E-state index in [1.807, 2.05) is 30.3 Å². The highest BCUT2D eigenvalue weighted by molar-refractivity contribution is 6.07. The van der Waals surface area contributed by atoms with Crippen molar-refractivity contribution < 1.29 is 28.7 Å². The first-order valence-electron chi connectivity index (χ1n) is 9.76. The molecule has 0 aromatic heterocycles. The molecule has 30 heavy (non-hydrogen) atoms. The Hall–Kier alpha value is -3.36. The highest BCUT2D eigenvalue weighted by Crippen LogP contribution is 2.24. The molecule has 0 spiro atoms. The van der Waals surface area contributed by atoms with Crippen molar-refractivity contribution in [3.63, 3.8) is 0 Å². The van der Waals surface area contributed by atoms with E-state index in [9.17, 15) is 14.4 Å². The number of alkyl carbamates (subject to hydrolysis) is 1. The molecule has 0 unspecified atom stereocenters. The van der Waals surface area contributed by atoms with E-state index in [0.29, 0.717) is 12.1 Å². The summed E-state index contributed by atoms with van der Waals surface area (Å²) in [4.78, 5) is 43.7. The Bertz CT molecular complexity index is 902. The van der Waals surface area contributed by atoms with Crippen LogP contribution in [0.3, 0.4) is 0 Å². The molecule has 3 rings (SSSR count). The summed E-state index contributed by atoms with van der Waals surface area (Å²) < 4.78 is 6.44. The second-order valence-corrected chi connectivity index (χ2v) is 8.13. The Balaban J connectivity index is 1.73. The number of primary amides is 1. The molecule has 1 aromatic rings. The number of benzene rings is 1. The predicted octanol–water partition coefficient (Wildman–Crippen LogP) is 1.72. The number of hydrogen-bond acceptors (Lipinski definition) is 5. The fraction of sp³-hybridized carbons (Fsp3) is 0.429. The molecule has 1 aromatic carbocycles. The minimum atomic E-state index is -0.858. The van der Waals surface area contributed by atoms with Crippen LogP contribution in [-0.2, 0) is 21.0 Å². The number of nitrogens with one attached hydrogen (secondary N) is 1. The molecule has 2 aliphatic heterocycles. The lowest BCUT2D eigenvalue weighted by Crippen LogP contribution is -2.48. The van der Waals surface area contributed by atoms with Crippen LogP contribution >= 0.6 is 0 Å². The first-order chi connectivity index (χ1) is 14.2. The van der Waals surface area contributed by atoms with Crippen LogP contribution in [0.5, 0.6) is 0 Å². The Kier molecular flexibility index (Phi) is 6.09. The van der Waals surface area contributed by atoms with Crippen molar-refractivity contribution >= 4 is 23.7 Å². The van der Waals surface area contributed by atoms with E-state index in [2.05, 4.69) is 5.32 Å². The smallest absolute Gasteiger partial charge is 0.444 e. The number of carbonyl (C=O) groups is 3. The van der Waals surface area contributed by atoms with Gasteiger partial charge in [0.15, 0.2) is 24.9 Å². The maximum absolute atomic E-state index is 12.8. The van der Waals surface area contributed by atoms with E-state index in [-0.39, 0.29) is 19.7 Å². The van der Waals surface area contributed by atoms with E-state index in [0.717, 1.165) is 11.1 Å². The highest BCUT2D eigenvalue weighted by atomic mass is 16.7. The summed E-state index contributed by atoms with van der Waals surface area (Å²) in [6.07, 6.45) is 1.52. The van der Waals surface area contributed by atoms with Crippen LogP contribution in [0.1, 0.15) is 32.8 Å².